The van der Waals surface area contributed by atoms with Crippen molar-refractivity contribution in [1.29, 1.82) is 0 Å². The molecule has 2 aliphatic rings. The SMILES string of the molecule is CS(=O)(=O)N1C[C@@H](C(=O)Nc2ccc(N3CCCC3=O)cc2)Oc2ccc(Cl)cc21. The highest BCUT2D eigenvalue weighted by molar-refractivity contribution is 7.92. The molecular formula is C20H20ClN3O5S. The molecule has 0 spiro atoms. The van der Waals surface area contributed by atoms with E-state index >= 15 is 0 Å². The number of rotatable bonds is 4. The first kappa shape index (κ1) is 20.5. The number of carbonyl (C=O) groups excluding carboxylic acids is 2. The van der Waals surface area contributed by atoms with Crippen molar-refractivity contribution < 1.29 is 22.7 Å². The van der Waals surface area contributed by atoms with E-state index in [1.165, 1.54) is 12.1 Å². The summed E-state index contributed by atoms with van der Waals surface area (Å²) in [5, 5.41) is 3.11. The topological polar surface area (TPSA) is 96.0 Å². The van der Waals surface area contributed by atoms with E-state index < -0.39 is 22.0 Å². The molecule has 8 nitrogen and oxygen atoms in total. The predicted molar refractivity (Wildman–Crippen MR) is 115 cm³/mol. The number of amides is 2. The smallest absolute Gasteiger partial charge is 0.267 e. The Morgan fingerprint density at radius 2 is 1.93 bits per heavy atom. The molecule has 1 fully saturated rings. The van der Waals surface area contributed by atoms with Crippen LogP contribution in [-0.2, 0) is 19.6 Å². The molecule has 2 amide bonds. The van der Waals surface area contributed by atoms with Gasteiger partial charge in [-0.2, -0.15) is 0 Å². The zero-order valence-electron chi connectivity index (χ0n) is 16.2. The number of benzene rings is 2. The number of hydrogen-bond donors (Lipinski definition) is 1. The Balaban J connectivity index is 1.51. The number of nitrogens with zero attached hydrogens (tertiary/aromatic N) is 2. The predicted octanol–water partition coefficient (Wildman–Crippen LogP) is 2.63. The molecule has 1 saturated heterocycles. The lowest BCUT2D eigenvalue weighted by atomic mass is 10.2. The minimum Gasteiger partial charge on any atom is -0.476 e. The van der Waals surface area contributed by atoms with Gasteiger partial charge in [0, 0.05) is 29.4 Å². The molecule has 0 radical (unpaired) electrons. The third kappa shape index (κ3) is 4.08. The summed E-state index contributed by atoms with van der Waals surface area (Å²) >= 11 is 5.99. The van der Waals surface area contributed by atoms with Gasteiger partial charge in [0.25, 0.3) is 5.91 Å². The van der Waals surface area contributed by atoms with Crippen molar-refractivity contribution >= 4 is 50.5 Å². The van der Waals surface area contributed by atoms with E-state index in [-0.39, 0.29) is 18.2 Å². The number of ether oxygens (including phenoxy) is 1. The van der Waals surface area contributed by atoms with Gasteiger partial charge >= 0.3 is 0 Å². The summed E-state index contributed by atoms with van der Waals surface area (Å²) in [6, 6.07) is 11.5. The maximum Gasteiger partial charge on any atom is 0.267 e. The number of hydrogen-bond acceptors (Lipinski definition) is 5. The molecule has 0 bridgehead atoms. The summed E-state index contributed by atoms with van der Waals surface area (Å²) in [5.41, 5.74) is 1.60. The molecule has 2 aliphatic heterocycles. The van der Waals surface area contributed by atoms with Crippen LogP contribution in [0.5, 0.6) is 5.75 Å². The monoisotopic (exact) mass is 449 g/mol. The fraction of sp³-hybridized carbons (Fsp3) is 0.300. The zero-order chi connectivity index (χ0) is 21.5. The van der Waals surface area contributed by atoms with E-state index in [4.69, 9.17) is 16.3 Å². The molecule has 158 valence electrons. The van der Waals surface area contributed by atoms with Gasteiger partial charge in [0.15, 0.2) is 6.10 Å². The zero-order valence-corrected chi connectivity index (χ0v) is 17.7. The first-order valence-corrected chi connectivity index (χ1v) is 11.6. The first-order chi connectivity index (χ1) is 14.2. The summed E-state index contributed by atoms with van der Waals surface area (Å²) in [5.74, 6) is -0.129. The van der Waals surface area contributed by atoms with E-state index in [0.717, 1.165) is 22.7 Å². The molecule has 10 heteroatoms. The molecule has 0 saturated carbocycles. The molecular weight excluding hydrogens is 430 g/mol. The van der Waals surface area contributed by atoms with Crippen LogP contribution in [0.2, 0.25) is 5.02 Å². The fourth-order valence-electron chi connectivity index (χ4n) is 3.54. The standard InChI is InChI=1S/C20H20ClN3O5S/c1-30(27,28)24-12-18(29-17-9-4-13(21)11-16(17)24)20(26)22-14-5-7-15(8-6-14)23-10-2-3-19(23)25/h4-9,11,18H,2-3,10,12H2,1H3,(H,22,26)/t18-/m0/s1. The molecule has 0 aromatic heterocycles. The second-order valence-corrected chi connectivity index (χ2v) is 9.54. The van der Waals surface area contributed by atoms with Crippen LogP contribution < -0.4 is 19.3 Å². The van der Waals surface area contributed by atoms with Gasteiger partial charge in [-0.1, -0.05) is 11.6 Å². The van der Waals surface area contributed by atoms with Crippen LogP contribution in [0, 0.1) is 0 Å². The van der Waals surface area contributed by atoms with Crippen LogP contribution >= 0.6 is 11.6 Å². The van der Waals surface area contributed by atoms with Gasteiger partial charge in [0.05, 0.1) is 18.5 Å². The van der Waals surface area contributed by atoms with Gasteiger partial charge in [-0.15, -0.1) is 0 Å². The molecule has 1 N–H and O–H groups in total. The number of fused-ring (bicyclic) bond motifs is 1. The number of nitrogens with one attached hydrogen (secondary N) is 1. The van der Waals surface area contributed by atoms with E-state index in [0.29, 0.717) is 29.4 Å². The van der Waals surface area contributed by atoms with Crippen LogP contribution in [0.25, 0.3) is 0 Å². The summed E-state index contributed by atoms with van der Waals surface area (Å²) in [4.78, 5) is 26.3. The summed E-state index contributed by atoms with van der Waals surface area (Å²) in [7, 11) is -3.64. The fourth-order valence-corrected chi connectivity index (χ4v) is 4.62. The molecule has 1 atom stereocenters. The molecule has 2 aromatic carbocycles. The average molecular weight is 450 g/mol. The van der Waals surface area contributed by atoms with Crippen molar-refractivity contribution in [2.45, 2.75) is 18.9 Å². The van der Waals surface area contributed by atoms with Crippen LogP contribution in [0.4, 0.5) is 17.1 Å². The Hall–Kier alpha value is -2.78. The Bertz CT molecular complexity index is 1100. The van der Waals surface area contributed by atoms with Gasteiger partial charge in [0.2, 0.25) is 15.9 Å². The lowest BCUT2D eigenvalue weighted by Crippen LogP contribution is -2.48. The highest BCUT2D eigenvalue weighted by Crippen LogP contribution is 2.37. The van der Waals surface area contributed by atoms with Crippen molar-refractivity contribution in [3.05, 3.63) is 47.5 Å². The highest BCUT2D eigenvalue weighted by Gasteiger charge is 2.35. The van der Waals surface area contributed by atoms with Gasteiger partial charge in [-0.05, 0) is 48.9 Å². The Morgan fingerprint density at radius 1 is 1.20 bits per heavy atom. The maximum absolute atomic E-state index is 12.8. The van der Waals surface area contributed by atoms with Crippen molar-refractivity contribution in [3.8, 4) is 5.75 Å². The van der Waals surface area contributed by atoms with Gasteiger partial charge in [-0.3, -0.25) is 13.9 Å². The van der Waals surface area contributed by atoms with Crippen LogP contribution in [-0.4, -0.2) is 45.7 Å². The normalized spacial score (nSPS) is 18.7. The molecule has 0 unspecified atom stereocenters. The van der Waals surface area contributed by atoms with Crippen LogP contribution in [0.1, 0.15) is 12.8 Å². The van der Waals surface area contributed by atoms with E-state index in [9.17, 15) is 18.0 Å². The minimum atomic E-state index is -3.64. The highest BCUT2D eigenvalue weighted by atomic mass is 35.5. The summed E-state index contributed by atoms with van der Waals surface area (Å²) in [6.45, 7) is 0.517. The number of anilines is 3. The number of carbonyl (C=O) groups is 2. The second kappa shape index (κ2) is 7.81. The number of halogens is 1. The maximum atomic E-state index is 12.8. The van der Waals surface area contributed by atoms with Gasteiger partial charge < -0.3 is 15.0 Å². The Morgan fingerprint density at radius 3 is 2.57 bits per heavy atom. The quantitative estimate of drug-likeness (QED) is 0.774. The lowest BCUT2D eigenvalue weighted by Gasteiger charge is -2.34. The average Bonchev–Trinajstić information content (AvgIpc) is 3.13. The second-order valence-electron chi connectivity index (χ2n) is 7.20. The van der Waals surface area contributed by atoms with Gasteiger partial charge in [0.1, 0.15) is 5.75 Å². The van der Waals surface area contributed by atoms with Crippen molar-refractivity contribution in [2.75, 3.05) is 33.9 Å². The first-order valence-electron chi connectivity index (χ1n) is 9.37. The van der Waals surface area contributed by atoms with E-state index in [1.54, 1.807) is 35.2 Å². The van der Waals surface area contributed by atoms with Crippen LogP contribution in [0.3, 0.4) is 0 Å². The van der Waals surface area contributed by atoms with Gasteiger partial charge in [-0.25, -0.2) is 8.42 Å². The summed E-state index contributed by atoms with van der Waals surface area (Å²) in [6.07, 6.45) is 1.41. The Labute approximate surface area is 179 Å². The van der Waals surface area contributed by atoms with E-state index in [1.807, 2.05) is 0 Å². The third-order valence-electron chi connectivity index (χ3n) is 5.00. The minimum absolute atomic E-state index is 0.0852. The molecule has 2 heterocycles. The Kier molecular flexibility index (Phi) is 5.33. The van der Waals surface area contributed by atoms with Crippen LogP contribution in [0.15, 0.2) is 42.5 Å². The molecule has 30 heavy (non-hydrogen) atoms. The lowest BCUT2D eigenvalue weighted by molar-refractivity contribution is -0.122. The molecule has 2 aromatic rings. The molecule has 4 rings (SSSR count). The van der Waals surface area contributed by atoms with E-state index in [2.05, 4.69) is 5.32 Å². The largest absolute Gasteiger partial charge is 0.476 e. The third-order valence-corrected chi connectivity index (χ3v) is 6.38. The molecule has 0 aliphatic carbocycles. The van der Waals surface area contributed by atoms with Crippen molar-refractivity contribution in [3.63, 3.8) is 0 Å². The van der Waals surface area contributed by atoms with Crippen molar-refractivity contribution in [2.24, 2.45) is 0 Å². The van der Waals surface area contributed by atoms with Crippen molar-refractivity contribution in [1.82, 2.24) is 0 Å². The summed E-state index contributed by atoms with van der Waals surface area (Å²) < 4.78 is 31.3. The number of sulfonamides is 1.